The molecule has 0 radical (unpaired) electrons. The first-order valence-electron chi connectivity index (χ1n) is 6.71. The van der Waals surface area contributed by atoms with Gasteiger partial charge in [-0.1, -0.05) is 20.8 Å². The predicted octanol–water partition coefficient (Wildman–Crippen LogP) is 2.74. The van der Waals surface area contributed by atoms with E-state index in [1.54, 1.807) is 7.11 Å². The van der Waals surface area contributed by atoms with Crippen molar-refractivity contribution in [3.05, 3.63) is 0 Å². The van der Waals surface area contributed by atoms with Gasteiger partial charge < -0.3 is 10.1 Å². The van der Waals surface area contributed by atoms with Gasteiger partial charge in [0.15, 0.2) is 0 Å². The van der Waals surface area contributed by atoms with Gasteiger partial charge in [0.05, 0.1) is 6.61 Å². The minimum Gasteiger partial charge on any atom is -0.384 e. The molecule has 0 aromatic rings. The molecule has 1 saturated carbocycles. The van der Waals surface area contributed by atoms with Gasteiger partial charge in [0.1, 0.15) is 0 Å². The zero-order valence-corrected chi connectivity index (χ0v) is 11.7. The lowest BCUT2D eigenvalue weighted by molar-refractivity contribution is -0.123. The van der Waals surface area contributed by atoms with Gasteiger partial charge in [-0.05, 0) is 37.0 Å². The Bertz CT molecular complexity index is 237. The highest BCUT2D eigenvalue weighted by molar-refractivity contribution is 5.76. The standard InChI is InChI=1S/C14H27NO2/c1-14(2,3)11-5-7-12(8-6-11)15-13(16)9-10-17-4/h11-12H,5-10H2,1-4H3,(H,15,16). The molecule has 0 unspecified atom stereocenters. The van der Waals surface area contributed by atoms with Gasteiger partial charge in [-0.2, -0.15) is 0 Å². The number of amides is 1. The van der Waals surface area contributed by atoms with Crippen LogP contribution in [0.25, 0.3) is 0 Å². The van der Waals surface area contributed by atoms with Crippen molar-refractivity contribution in [2.75, 3.05) is 13.7 Å². The van der Waals surface area contributed by atoms with Gasteiger partial charge in [-0.15, -0.1) is 0 Å². The molecular weight excluding hydrogens is 214 g/mol. The van der Waals surface area contributed by atoms with Gasteiger partial charge in [0.25, 0.3) is 0 Å². The topological polar surface area (TPSA) is 38.3 Å². The Morgan fingerprint density at radius 2 is 1.82 bits per heavy atom. The molecule has 17 heavy (non-hydrogen) atoms. The minimum absolute atomic E-state index is 0.131. The van der Waals surface area contributed by atoms with Crippen molar-refractivity contribution in [3.8, 4) is 0 Å². The third-order valence-corrected chi connectivity index (χ3v) is 3.85. The highest BCUT2D eigenvalue weighted by Gasteiger charge is 2.29. The Morgan fingerprint density at radius 1 is 1.24 bits per heavy atom. The highest BCUT2D eigenvalue weighted by Crippen LogP contribution is 2.37. The molecule has 1 amide bonds. The number of carbonyl (C=O) groups excluding carboxylic acids is 1. The summed E-state index contributed by atoms with van der Waals surface area (Å²) in [6.07, 6.45) is 5.20. The number of nitrogens with one attached hydrogen (secondary N) is 1. The summed E-state index contributed by atoms with van der Waals surface area (Å²) in [5.74, 6) is 0.931. The van der Waals surface area contributed by atoms with Crippen LogP contribution in [-0.2, 0) is 9.53 Å². The van der Waals surface area contributed by atoms with Gasteiger partial charge >= 0.3 is 0 Å². The van der Waals surface area contributed by atoms with Crippen molar-refractivity contribution in [2.24, 2.45) is 11.3 Å². The summed E-state index contributed by atoms with van der Waals surface area (Å²) in [5, 5.41) is 3.11. The van der Waals surface area contributed by atoms with Crippen LogP contribution < -0.4 is 5.32 Å². The van der Waals surface area contributed by atoms with Crippen molar-refractivity contribution in [1.82, 2.24) is 5.32 Å². The summed E-state index contributed by atoms with van der Waals surface area (Å²) < 4.78 is 4.90. The van der Waals surface area contributed by atoms with Crippen LogP contribution in [-0.4, -0.2) is 25.7 Å². The van der Waals surface area contributed by atoms with Crippen molar-refractivity contribution >= 4 is 5.91 Å². The van der Waals surface area contributed by atoms with E-state index in [0.29, 0.717) is 24.5 Å². The van der Waals surface area contributed by atoms with Crippen LogP contribution in [0.4, 0.5) is 0 Å². The van der Waals surface area contributed by atoms with Crippen molar-refractivity contribution in [3.63, 3.8) is 0 Å². The van der Waals surface area contributed by atoms with Crippen molar-refractivity contribution in [1.29, 1.82) is 0 Å². The molecule has 0 heterocycles. The maximum absolute atomic E-state index is 11.6. The Hall–Kier alpha value is -0.570. The van der Waals surface area contributed by atoms with Gasteiger partial charge in [0, 0.05) is 19.6 Å². The van der Waals surface area contributed by atoms with Crippen LogP contribution in [0, 0.1) is 11.3 Å². The molecule has 100 valence electrons. The first kappa shape index (κ1) is 14.5. The van der Waals surface area contributed by atoms with E-state index in [2.05, 4.69) is 26.1 Å². The summed E-state index contributed by atoms with van der Waals surface area (Å²) in [6.45, 7) is 7.46. The number of hydrogen-bond donors (Lipinski definition) is 1. The molecule has 0 atom stereocenters. The van der Waals surface area contributed by atoms with Crippen LogP contribution in [0.1, 0.15) is 52.9 Å². The van der Waals surface area contributed by atoms with Crippen LogP contribution >= 0.6 is 0 Å². The zero-order valence-electron chi connectivity index (χ0n) is 11.7. The maximum Gasteiger partial charge on any atom is 0.222 e. The third-order valence-electron chi connectivity index (χ3n) is 3.85. The van der Waals surface area contributed by atoms with E-state index in [4.69, 9.17) is 4.74 Å². The summed E-state index contributed by atoms with van der Waals surface area (Å²) >= 11 is 0. The fourth-order valence-corrected chi connectivity index (χ4v) is 2.60. The SMILES string of the molecule is COCCC(=O)NC1CCC(C(C)(C)C)CC1. The third kappa shape index (κ3) is 5.07. The highest BCUT2D eigenvalue weighted by atomic mass is 16.5. The molecule has 0 aromatic heterocycles. The number of methoxy groups -OCH3 is 1. The molecule has 3 heteroatoms. The van der Waals surface area contributed by atoms with Crippen LogP contribution in [0.2, 0.25) is 0 Å². The summed E-state index contributed by atoms with van der Waals surface area (Å²) in [5.41, 5.74) is 0.408. The van der Waals surface area contributed by atoms with Gasteiger partial charge in [0.2, 0.25) is 5.91 Å². The lowest BCUT2D eigenvalue weighted by Gasteiger charge is -2.37. The van der Waals surface area contributed by atoms with E-state index >= 15 is 0 Å². The molecular formula is C14H27NO2. The van der Waals surface area contributed by atoms with Crippen LogP contribution in [0.5, 0.6) is 0 Å². The number of hydrogen-bond acceptors (Lipinski definition) is 2. The van der Waals surface area contributed by atoms with Crippen LogP contribution in [0.15, 0.2) is 0 Å². The Balaban J connectivity index is 2.25. The zero-order chi connectivity index (χ0) is 12.9. The minimum atomic E-state index is 0.131. The molecule has 1 N–H and O–H groups in total. The fraction of sp³-hybridized carbons (Fsp3) is 0.929. The summed E-state index contributed by atoms with van der Waals surface area (Å²) in [7, 11) is 1.63. The van der Waals surface area contributed by atoms with Crippen molar-refractivity contribution < 1.29 is 9.53 Å². The second-order valence-corrected chi connectivity index (χ2v) is 6.22. The number of carbonyl (C=O) groups is 1. The van der Waals surface area contributed by atoms with E-state index in [1.807, 2.05) is 0 Å². The van der Waals surface area contributed by atoms with E-state index in [0.717, 1.165) is 18.8 Å². The van der Waals surface area contributed by atoms with Crippen LogP contribution in [0.3, 0.4) is 0 Å². The van der Waals surface area contributed by atoms with E-state index < -0.39 is 0 Å². The molecule has 3 nitrogen and oxygen atoms in total. The van der Waals surface area contributed by atoms with E-state index in [9.17, 15) is 4.79 Å². The second-order valence-electron chi connectivity index (χ2n) is 6.22. The lowest BCUT2D eigenvalue weighted by Crippen LogP contribution is -2.39. The lowest BCUT2D eigenvalue weighted by atomic mass is 9.71. The average Bonchev–Trinajstić information content (AvgIpc) is 2.26. The molecule has 0 aromatic carbocycles. The van der Waals surface area contributed by atoms with Gasteiger partial charge in [-0.3, -0.25) is 4.79 Å². The normalized spacial score (nSPS) is 25.6. The maximum atomic E-state index is 11.6. The van der Waals surface area contributed by atoms with E-state index in [1.165, 1.54) is 12.8 Å². The predicted molar refractivity (Wildman–Crippen MR) is 69.8 cm³/mol. The molecule has 0 aliphatic heterocycles. The Morgan fingerprint density at radius 3 is 2.29 bits per heavy atom. The van der Waals surface area contributed by atoms with Gasteiger partial charge in [-0.25, -0.2) is 0 Å². The smallest absolute Gasteiger partial charge is 0.222 e. The molecule has 1 aliphatic rings. The molecule has 1 rings (SSSR count). The largest absolute Gasteiger partial charge is 0.384 e. The molecule has 1 aliphatic carbocycles. The second kappa shape index (κ2) is 6.39. The number of ether oxygens (including phenoxy) is 1. The molecule has 0 spiro atoms. The first-order chi connectivity index (χ1) is 7.93. The first-order valence-corrected chi connectivity index (χ1v) is 6.71. The number of rotatable bonds is 4. The average molecular weight is 241 g/mol. The van der Waals surface area contributed by atoms with Crippen molar-refractivity contribution in [2.45, 2.75) is 58.9 Å². The Kier molecular flexibility index (Phi) is 5.44. The summed E-state index contributed by atoms with van der Waals surface area (Å²) in [6, 6.07) is 0.387. The molecule has 1 fully saturated rings. The quantitative estimate of drug-likeness (QED) is 0.822. The molecule has 0 bridgehead atoms. The monoisotopic (exact) mass is 241 g/mol. The fourth-order valence-electron chi connectivity index (χ4n) is 2.60. The molecule has 0 saturated heterocycles. The van der Waals surface area contributed by atoms with E-state index in [-0.39, 0.29) is 5.91 Å². The summed E-state index contributed by atoms with van der Waals surface area (Å²) in [4.78, 5) is 11.6. The Labute approximate surface area is 105 Å².